The molecule has 5 heterocycles. The van der Waals surface area contributed by atoms with Gasteiger partial charge in [0, 0.05) is 0 Å². The average Bonchev–Trinajstić information content (AvgIpc) is 3.13. The van der Waals surface area contributed by atoms with Crippen LogP contribution in [0.2, 0.25) is 0 Å². The minimum atomic E-state index is 0.477. The van der Waals surface area contributed by atoms with Crippen molar-refractivity contribution in [1.82, 2.24) is 49.8 Å². The molecule has 0 aliphatic carbocycles. The smallest absolute Gasteiger partial charge is 0.119 e. The molecule has 0 saturated carbocycles. The molecule has 9 rings (SSSR count). The molecule has 214 valence electrons. The summed E-state index contributed by atoms with van der Waals surface area (Å²) in [5.74, 6) is 0. The summed E-state index contributed by atoms with van der Waals surface area (Å²) >= 11 is 0. The molecule has 0 radical (unpaired) electrons. The number of hydrogen-bond acceptors (Lipinski definition) is 10. The van der Waals surface area contributed by atoms with Crippen LogP contribution in [0.15, 0.2) is 122 Å². The summed E-state index contributed by atoms with van der Waals surface area (Å²) in [6.07, 6.45) is 6.82. The number of benzene rings is 4. The van der Waals surface area contributed by atoms with E-state index in [1.54, 1.807) is 24.8 Å². The Hall–Kier alpha value is -6.68. The standard InChI is InChI=1S/C36H20N10/c1-5-13-25-21(9-1)37-17-29(41-25)33-34(30-18-38-22-10-2-6-14-26(22)42-30)46-36(32-20-40-24-12-4-8-16-28(24)44-32)35(45-33)31-19-39-23-11-3-7-15-27(23)43-31/h1-20H. The number of hydrogen-bond donors (Lipinski definition) is 0. The van der Waals surface area contributed by atoms with Gasteiger partial charge >= 0.3 is 0 Å². The fourth-order valence-electron chi connectivity index (χ4n) is 5.43. The second-order valence-corrected chi connectivity index (χ2v) is 10.6. The van der Waals surface area contributed by atoms with Gasteiger partial charge in [-0.3, -0.25) is 19.9 Å². The minimum Gasteiger partial charge on any atom is -0.252 e. The molecule has 0 atom stereocenters. The maximum Gasteiger partial charge on any atom is 0.119 e. The van der Waals surface area contributed by atoms with Crippen molar-refractivity contribution in [2.45, 2.75) is 0 Å². The second kappa shape index (κ2) is 10.5. The second-order valence-electron chi connectivity index (χ2n) is 10.6. The van der Waals surface area contributed by atoms with Gasteiger partial charge in [-0.2, -0.15) is 0 Å². The van der Waals surface area contributed by atoms with Gasteiger partial charge in [0.1, 0.15) is 45.6 Å². The van der Waals surface area contributed by atoms with Crippen molar-refractivity contribution in [1.29, 1.82) is 0 Å². The molecule has 4 aromatic carbocycles. The van der Waals surface area contributed by atoms with Crippen LogP contribution in [0.4, 0.5) is 0 Å². The van der Waals surface area contributed by atoms with Crippen LogP contribution in [0.3, 0.4) is 0 Å². The van der Waals surface area contributed by atoms with E-state index in [1.165, 1.54) is 0 Å². The Labute approximate surface area is 261 Å². The predicted molar refractivity (Wildman–Crippen MR) is 176 cm³/mol. The summed E-state index contributed by atoms with van der Waals surface area (Å²) < 4.78 is 0. The highest BCUT2D eigenvalue weighted by atomic mass is 15.0. The molecule has 0 saturated heterocycles. The zero-order valence-corrected chi connectivity index (χ0v) is 24.0. The van der Waals surface area contributed by atoms with Gasteiger partial charge in [0.25, 0.3) is 0 Å². The summed E-state index contributed by atoms with van der Waals surface area (Å²) in [5, 5.41) is 0. The molecule has 0 fully saturated rings. The highest BCUT2D eigenvalue weighted by Crippen LogP contribution is 2.36. The van der Waals surface area contributed by atoms with Gasteiger partial charge in [0.15, 0.2) is 0 Å². The Morgan fingerprint density at radius 3 is 0.696 bits per heavy atom. The van der Waals surface area contributed by atoms with E-state index in [1.807, 2.05) is 97.1 Å². The van der Waals surface area contributed by atoms with Gasteiger partial charge in [-0.25, -0.2) is 29.9 Å². The van der Waals surface area contributed by atoms with Gasteiger partial charge < -0.3 is 0 Å². The molecule has 46 heavy (non-hydrogen) atoms. The summed E-state index contributed by atoms with van der Waals surface area (Å²) in [6.45, 7) is 0. The van der Waals surface area contributed by atoms with Gasteiger partial charge in [-0.1, -0.05) is 48.5 Å². The Kier molecular flexibility index (Phi) is 5.88. The van der Waals surface area contributed by atoms with Crippen LogP contribution in [0.1, 0.15) is 0 Å². The third-order valence-corrected chi connectivity index (χ3v) is 7.66. The van der Waals surface area contributed by atoms with E-state index in [9.17, 15) is 0 Å². The zero-order chi connectivity index (χ0) is 30.5. The van der Waals surface area contributed by atoms with Crippen molar-refractivity contribution in [3.05, 3.63) is 122 Å². The summed E-state index contributed by atoms with van der Waals surface area (Å²) in [4.78, 5) is 49.0. The molecule has 0 bridgehead atoms. The molecule has 0 aliphatic heterocycles. The van der Waals surface area contributed by atoms with Gasteiger partial charge in [-0.15, -0.1) is 0 Å². The number of para-hydroxylation sites is 8. The molecule has 9 aromatic rings. The SMILES string of the molecule is c1ccc2nc(-c3nc(-c4cnc5ccccc5n4)c(-c4cnc5ccccc5n4)nc3-c3cnc4ccccc4n3)cnc2c1. The molecule has 0 spiro atoms. The third kappa shape index (κ3) is 4.44. The van der Waals surface area contributed by atoms with E-state index < -0.39 is 0 Å². The highest BCUT2D eigenvalue weighted by molar-refractivity contribution is 5.88. The fourth-order valence-corrected chi connectivity index (χ4v) is 5.43. The first kappa shape index (κ1) is 25.8. The zero-order valence-electron chi connectivity index (χ0n) is 24.0. The first-order chi connectivity index (χ1) is 22.8. The number of rotatable bonds is 4. The number of aromatic nitrogens is 10. The maximum atomic E-state index is 5.24. The fraction of sp³-hybridized carbons (Fsp3) is 0. The number of nitrogens with zero attached hydrogens (tertiary/aromatic N) is 10. The summed E-state index contributed by atoms with van der Waals surface area (Å²) in [6, 6.07) is 30.8. The van der Waals surface area contributed by atoms with Crippen molar-refractivity contribution >= 4 is 44.1 Å². The lowest BCUT2D eigenvalue weighted by Gasteiger charge is -2.15. The minimum absolute atomic E-state index is 0.477. The molecular formula is C36H20N10. The van der Waals surface area contributed by atoms with Crippen molar-refractivity contribution in [3.63, 3.8) is 0 Å². The number of fused-ring (bicyclic) bond motifs is 4. The normalized spacial score (nSPS) is 11.5. The molecular weight excluding hydrogens is 572 g/mol. The van der Waals surface area contributed by atoms with Gasteiger partial charge in [-0.05, 0) is 48.5 Å². The van der Waals surface area contributed by atoms with Crippen LogP contribution in [0.5, 0.6) is 0 Å². The molecule has 10 heteroatoms. The Bertz CT molecular complexity index is 2260. The molecule has 0 N–H and O–H groups in total. The van der Waals surface area contributed by atoms with Crippen LogP contribution in [0.25, 0.3) is 89.7 Å². The van der Waals surface area contributed by atoms with Crippen molar-refractivity contribution in [3.8, 4) is 45.6 Å². The maximum absolute atomic E-state index is 5.24. The van der Waals surface area contributed by atoms with Crippen LogP contribution < -0.4 is 0 Å². The predicted octanol–water partition coefficient (Wildman–Crippen LogP) is 6.92. The van der Waals surface area contributed by atoms with Crippen LogP contribution in [0, 0.1) is 0 Å². The average molecular weight is 593 g/mol. The Morgan fingerprint density at radius 1 is 0.239 bits per heavy atom. The quantitative estimate of drug-likeness (QED) is 0.212. The van der Waals surface area contributed by atoms with Crippen molar-refractivity contribution < 1.29 is 0 Å². The van der Waals surface area contributed by atoms with Crippen LogP contribution in [-0.2, 0) is 0 Å². The Morgan fingerprint density at radius 2 is 0.457 bits per heavy atom. The lowest BCUT2D eigenvalue weighted by molar-refractivity contribution is 1.13. The monoisotopic (exact) mass is 592 g/mol. The first-order valence-corrected chi connectivity index (χ1v) is 14.6. The lowest BCUT2D eigenvalue weighted by Crippen LogP contribution is -2.05. The largest absolute Gasteiger partial charge is 0.252 e. The molecule has 10 nitrogen and oxygen atoms in total. The molecule has 5 aromatic heterocycles. The van der Waals surface area contributed by atoms with Gasteiger partial charge in [0.05, 0.1) is 68.9 Å². The molecule has 0 unspecified atom stereocenters. The van der Waals surface area contributed by atoms with E-state index in [-0.39, 0.29) is 0 Å². The van der Waals surface area contributed by atoms with E-state index in [2.05, 4.69) is 19.9 Å². The lowest BCUT2D eigenvalue weighted by atomic mass is 10.1. The topological polar surface area (TPSA) is 129 Å². The van der Waals surface area contributed by atoms with Crippen LogP contribution >= 0.6 is 0 Å². The third-order valence-electron chi connectivity index (χ3n) is 7.66. The Balaban J connectivity index is 1.37. The highest BCUT2D eigenvalue weighted by Gasteiger charge is 2.24. The molecule has 0 aliphatic rings. The summed E-state index contributed by atoms with van der Waals surface area (Å²) in [5.41, 5.74) is 10.0. The van der Waals surface area contributed by atoms with Gasteiger partial charge in [0.2, 0.25) is 0 Å². The van der Waals surface area contributed by atoms with Crippen LogP contribution in [-0.4, -0.2) is 49.8 Å². The van der Waals surface area contributed by atoms with E-state index in [4.69, 9.17) is 29.9 Å². The summed E-state index contributed by atoms with van der Waals surface area (Å²) in [7, 11) is 0. The van der Waals surface area contributed by atoms with E-state index in [0.717, 1.165) is 44.1 Å². The van der Waals surface area contributed by atoms with E-state index in [0.29, 0.717) is 45.6 Å². The van der Waals surface area contributed by atoms with E-state index >= 15 is 0 Å². The van der Waals surface area contributed by atoms with Crippen molar-refractivity contribution in [2.75, 3.05) is 0 Å². The molecule has 0 amide bonds. The van der Waals surface area contributed by atoms with Crippen molar-refractivity contribution in [2.24, 2.45) is 0 Å². The first-order valence-electron chi connectivity index (χ1n) is 14.6.